The monoisotopic (exact) mass is 352 g/mol. The quantitative estimate of drug-likeness (QED) is 0.549. The van der Waals surface area contributed by atoms with Crippen LogP contribution in [0.25, 0.3) is 0 Å². The number of benzene rings is 2. The molecule has 0 aliphatic heterocycles. The molecule has 0 unspecified atom stereocenters. The first-order valence-corrected chi connectivity index (χ1v) is 11.3. The molecule has 132 valence electrons. The molecule has 0 bridgehead atoms. The van der Waals surface area contributed by atoms with Crippen LogP contribution in [0.1, 0.15) is 43.2 Å². The highest BCUT2D eigenvalue weighted by Gasteiger charge is 2.44. The van der Waals surface area contributed by atoms with Crippen LogP contribution >= 0.6 is 0 Å². The lowest BCUT2D eigenvalue weighted by Crippen LogP contribution is -2.45. The first kappa shape index (κ1) is 18.1. The Bertz CT molecular complexity index is 592. The minimum Gasteiger partial charge on any atom is -0.387 e. The zero-order valence-electron chi connectivity index (χ0n) is 14.9. The molecule has 0 atom stereocenters. The molecule has 0 radical (unpaired) electrons. The molecule has 1 aliphatic carbocycles. The van der Waals surface area contributed by atoms with Crippen molar-refractivity contribution in [1.29, 1.82) is 0 Å². The molecule has 0 aromatic heterocycles. The van der Waals surface area contributed by atoms with Crippen molar-refractivity contribution in [2.75, 3.05) is 0 Å². The van der Waals surface area contributed by atoms with Gasteiger partial charge in [-0.2, -0.15) is 0 Å². The third-order valence-electron chi connectivity index (χ3n) is 5.07. The molecule has 2 nitrogen and oxygen atoms in total. The Morgan fingerprint density at radius 2 is 1.28 bits per heavy atom. The first-order valence-electron chi connectivity index (χ1n) is 9.32. The topological polar surface area (TPSA) is 18.5 Å². The van der Waals surface area contributed by atoms with Gasteiger partial charge in [0.2, 0.25) is 0 Å². The van der Waals surface area contributed by atoms with Crippen LogP contribution in [0.4, 0.5) is 0 Å². The summed E-state index contributed by atoms with van der Waals surface area (Å²) in [6.07, 6.45) is 6.27. The average molecular weight is 353 g/mol. The summed E-state index contributed by atoms with van der Waals surface area (Å²) in [5, 5.41) is 0. The summed E-state index contributed by atoms with van der Waals surface area (Å²) >= 11 is 0. The van der Waals surface area contributed by atoms with E-state index in [4.69, 9.17) is 8.85 Å². The third-order valence-corrected chi connectivity index (χ3v) is 8.55. The summed E-state index contributed by atoms with van der Waals surface area (Å²) in [6.45, 7) is 5.35. The van der Waals surface area contributed by atoms with Crippen LogP contribution in [0.15, 0.2) is 72.9 Å². The minimum absolute atomic E-state index is 0.506. The van der Waals surface area contributed by atoms with E-state index >= 15 is 0 Å². The summed E-state index contributed by atoms with van der Waals surface area (Å²) in [6, 6.07) is 20.7. The van der Waals surface area contributed by atoms with Crippen LogP contribution in [-0.2, 0) is 22.1 Å². The van der Waals surface area contributed by atoms with Crippen molar-refractivity contribution in [3.8, 4) is 0 Å². The molecular formula is C22H28O2Si. The van der Waals surface area contributed by atoms with Gasteiger partial charge in [0.1, 0.15) is 0 Å². The summed E-state index contributed by atoms with van der Waals surface area (Å²) in [5.74, 6) is 0. The summed E-state index contributed by atoms with van der Waals surface area (Å²) in [4.78, 5) is 0. The first-order chi connectivity index (χ1) is 12.3. The summed E-state index contributed by atoms with van der Waals surface area (Å²) < 4.78 is 13.0. The molecule has 0 heterocycles. The van der Waals surface area contributed by atoms with E-state index in [2.05, 4.69) is 55.1 Å². The summed E-state index contributed by atoms with van der Waals surface area (Å²) in [5.41, 5.74) is 4.92. The number of rotatable bonds is 8. The highest BCUT2D eigenvalue weighted by molar-refractivity contribution is 6.74. The second-order valence-corrected chi connectivity index (χ2v) is 10.1. The molecule has 0 amide bonds. The molecule has 1 fully saturated rings. The number of hydrogen-bond acceptors (Lipinski definition) is 2. The van der Waals surface area contributed by atoms with Crippen molar-refractivity contribution in [1.82, 2.24) is 0 Å². The van der Waals surface area contributed by atoms with Crippen molar-refractivity contribution in [3.63, 3.8) is 0 Å². The Labute approximate surface area is 152 Å². The van der Waals surface area contributed by atoms with Crippen molar-refractivity contribution in [2.45, 2.75) is 50.9 Å². The smallest absolute Gasteiger partial charge is 0.368 e. The zero-order valence-corrected chi connectivity index (χ0v) is 15.9. The predicted molar refractivity (Wildman–Crippen MR) is 105 cm³/mol. The number of hydrogen-bond donors (Lipinski definition) is 0. The van der Waals surface area contributed by atoms with E-state index in [1.807, 2.05) is 17.8 Å². The average Bonchev–Trinajstić information content (AvgIpc) is 2.71. The lowest BCUT2D eigenvalue weighted by molar-refractivity contribution is 0.147. The van der Waals surface area contributed by atoms with E-state index in [0.717, 1.165) is 0 Å². The van der Waals surface area contributed by atoms with E-state index in [9.17, 15) is 0 Å². The van der Waals surface area contributed by atoms with Gasteiger partial charge in [0.15, 0.2) is 0 Å². The Morgan fingerprint density at radius 1 is 0.800 bits per heavy atom. The Hall–Kier alpha value is -1.68. The van der Waals surface area contributed by atoms with Gasteiger partial charge in [-0.1, -0.05) is 79.9 Å². The van der Waals surface area contributed by atoms with Crippen molar-refractivity contribution >= 4 is 8.56 Å². The van der Waals surface area contributed by atoms with Gasteiger partial charge >= 0.3 is 8.56 Å². The molecule has 0 saturated heterocycles. The SMILES string of the molecule is C=C[Si](OCc1ccccc1)(OCc1ccccc1)C1CCCCC1. The predicted octanol–water partition coefficient (Wildman–Crippen LogP) is 5.92. The molecule has 3 heteroatoms. The lowest BCUT2D eigenvalue weighted by atomic mass is 10.0. The fourth-order valence-corrected chi connectivity index (χ4v) is 6.73. The maximum Gasteiger partial charge on any atom is 0.368 e. The zero-order chi connectivity index (χ0) is 17.4. The molecule has 2 aromatic carbocycles. The molecule has 2 aromatic rings. The molecule has 25 heavy (non-hydrogen) atoms. The molecule has 1 saturated carbocycles. The Kier molecular flexibility index (Phi) is 6.62. The van der Waals surface area contributed by atoms with E-state index < -0.39 is 8.56 Å². The fraction of sp³-hybridized carbons (Fsp3) is 0.364. The maximum absolute atomic E-state index is 6.52. The molecule has 0 N–H and O–H groups in total. The maximum atomic E-state index is 6.52. The Balaban J connectivity index is 1.74. The van der Waals surface area contributed by atoms with Crippen molar-refractivity contribution < 1.29 is 8.85 Å². The van der Waals surface area contributed by atoms with Crippen molar-refractivity contribution in [2.24, 2.45) is 0 Å². The van der Waals surface area contributed by atoms with E-state index in [-0.39, 0.29) is 0 Å². The van der Waals surface area contributed by atoms with Gasteiger partial charge in [0.25, 0.3) is 0 Å². The van der Waals surface area contributed by atoms with Crippen LogP contribution in [0.3, 0.4) is 0 Å². The van der Waals surface area contributed by atoms with Gasteiger partial charge in [0, 0.05) is 5.54 Å². The van der Waals surface area contributed by atoms with Gasteiger partial charge in [-0.3, -0.25) is 0 Å². The van der Waals surface area contributed by atoms with Crippen LogP contribution in [-0.4, -0.2) is 8.56 Å². The molecule has 0 spiro atoms. The van der Waals surface area contributed by atoms with Gasteiger partial charge < -0.3 is 8.85 Å². The standard InChI is InChI=1S/C22H28O2Si/c1-2-25(22-16-10-5-11-17-22,23-18-20-12-6-3-7-13-20)24-19-21-14-8-4-9-15-21/h2-4,6-9,12-15,22H,1,5,10-11,16-19H2. The van der Waals surface area contributed by atoms with Crippen LogP contribution in [0, 0.1) is 0 Å². The largest absolute Gasteiger partial charge is 0.387 e. The van der Waals surface area contributed by atoms with Crippen LogP contribution < -0.4 is 0 Å². The van der Waals surface area contributed by atoms with Gasteiger partial charge in [-0.25, -0.2) is 0 Å². The normalized spacial score (nSPS) is 15.8. The second-order valence-electron chi connectivity index (χ2n) is 6.81. The van der Waals surface area contributed by atoms with Gasteiger partial charge in [-0.05, 0) is 29.7 Å². The highest BCUT2D eigenvalue weighted by Crippen LogP contribution is 2.39. The van der Waals surface area contributed by atoms with Crippen LogP contribution in [0.5, 0.6) is 0 Å². The fourth-order valence-electron chi connectivity index (χ4n) is 3.61. The lowest BCUT2D eigenvalue weighted by Gasteiger charge is -2.37. The highest BCUT2D eigenvalue weighted by atomic mass is 28.4. The van der Waals surface area contributed by atoms with E-state index in [1.54, 1.807) is 0 Å². The van der Waals surface area contributed by atoms with Gasteiger partial charge in [-0.15, -0.1) is 6.58 Å². The second kappa shape index (κ2) is 9.14. The summed E-state index contributed by atoms with van der Waals surface area (Å²) in [7, 11) is -2.47. The van der Waals surface area contributed by atoms with E-state index in [1.165, 1.54) is 43.2 Å². The molecule has 3 rings (SSSR count). The minimum atomic E-state index is -2.47. The van der Waals surface area contributed by atoms with Crippen molar-refractivity contribution in [3.05, 3.63) is 84.1 Å². The van der Waals surface area contributed by atoms with E-state index in [0.29, 0.717) is 18.8 Å². The van der Waals surface area contributed by atoms with Crippen LogP contribution in [0.2, 0.25) is 5.54 Å². The Morgan fingerprint density at radius 3 is 1.72 bits per heavy atom. The molecule has 1 aliphatic rings. The van der Waals surface area contributed by atoms with Gasteiger partial charge in [0.05, 0.1) is 13.2 Å². The molecular weight excluding hydrogens is 324 g/mol. The third kappa shape index (κ3) is 4.91.